The van der Waals surface area contributed by atoms with Crippen LogP contribution >= 0.6 is 11.6 Å². The number of hydrazone groups is 1. The monoisotopic (exact) mass is 504 g/mol. The number of aromatic nitrogens is 1. The molecule has 2 aromatic rings. The molecule has 12 heteroatoms. The van der Waals surface area contributed by atoms with Gasteiger partial charge in [0, 0.05) is 19.2 Å². The molecule has 3 heterocycles. The van der Waals surface area contributed by atoms with Crippen molar-refractivity contribution in [2.24, 2.45) is 5.10 Å². The van der Waals surface area contributed by atoms with Crippen molar-refractivity contribution in [3.63, 3.8) is 0 Å². The van der Waals surface area contributed by atoms with Crippen LogP contribution in [0.4, 0.5) is 32.0 Å². The molecule has 2 aliphatic rings. The van der Waals surface area contributed by atoms with Gasteiger partial charge in [0.15, 0.2) is 0 Å². The summed E-state index contributed by atoms with van der Waals surface area (Å²) in [6.45, 7) is 1.44. The molecule has 0 saturated carbocycles. The SMILES string of the molecule is OC(C1=NN(c2ccccc2Cl)C(c2ccc(C3=CCNCC3)nc2)C1)(C(F)(F)F)C(F)(F)F. The molecule has 0 aliphatic carbocycles. The van der Waals surface area contributed by atoms with E-state index in [1.165, 1.54) is 24.4 Å². The molecule has 0 radical (unpaired) electrons. The van der Waals surface area contributed by atoms with E-state index in [1.807, 2.05) is 6.08 Å². The molecule has 5 nitrogen and oxygen atoms in total. The van der Waals surface area contributed by atoms with Gasteiger partial charge in [0.05, 0.1) is 28.2 Å². The fraction of sp³-hybridized carbons (Fsp3) is 0.364. The Labute approximate surface area is 195 Å². The highest BCUT2D eigenvalue weighted by atomic mass is 35.5. The third kappa shape index (κ3) is 4.27. The lowest BCUT2D eigenvalue weighted by atomic mass is 9.90. The van der Waals surface area contributed by atoms with E-state index < -0.39 is 36.1 Å². The van der Waals surface area contributed by atoms with E-state index in [1.54, 1.807) is 18.2 Å². The van der Waals surface area contributed by atoms with Gasteiger partial charge in [-0.1, -0.05) is 35.9 Å². The van der Waals surface area contributed by atoms with Crippen LogP contribution in [-0.2, 0) is 0 Å². The van der Waals surface area contributed by atoms with Gasteiger partial charge in [-0.25, -0.2) is 0 Å². The van der Waals surface area contributed by atoms with Crippen LogP contribution in [0.3, 0.4) is 0 Å². The molecular formula is C22H19ClF6N4O. The lowest BCUT2D eigenvalue weighted by Crippen LogP contribution is -2.62. The summed E-state index contributed by atoms with van der Waals surface area (Å²) in [4.78, 5) is 4.37. The van der Waals surface area contributed by atoms with Crippen LogP contribution in [0.1, 0.15) is 30.1 Å². The minimum Gasteiger partial charge on any atom is -0.369 e. The maximum Gasteiger partial charge on any atom is 0.431 e. The number of halogens is 7. The Morgan fingerprint density at radius 2 is 1.74 bits per heavy atom. The number of rotatable bonds is 4. The van der Waals surface area contributed by atoms with Gasteiger partial charge >= 0.3 is 12.4 Å². The van der Waals surface area contributed by atoms with Gasteiger partial charge in [-0.15, -0.1) is 0 Å². The fourth-order valence-corrected chi connectivity index (χ4v) is 4.21. The largest absolute Gasteiger partial charge is 0.431 e. The van der Waals surface area contributed by atoms with Crippen LogP contribution in [0.15, 0.2) is 53.8 Å². The maximum atomic E-state index is 13.5. The Balaban J connectivity index is 1.77. The average molecular weight is 505 g/mol. The maximum absolute atomic E-state index is 13.5. The second-order valence-electron chi connectivity index (χ2n) is 7.93. The Bertz CT molecular complexity index is 1100. The van der Waals surface area contributed by atoms with Crippen LogP contribution in [0.5, 0.6) is 0 Å². The zero-order valence-electron chi connectivity index (χ0n) is 17.5. The molecule has 2 N–H and O–H groups in total. The lowest BCUT2D eigenvalue weighted by Gasteiger charge is -2.32. The van der Waals surface area contributed by atoms with E-state index in [9.17, 15) is 31.4 Å². The highest BCUT2D eigenvalue weighted by molar-refractivity contribution is 6.33. The van der Waals surface area contributed by atoms with Crippen molar-refractivity contribution in [1.29, 1.82) is 0 Å². The minimum atomic E-state index is -6.03. The van der Waals surface area contributed by atoms with Gasteiger partial charge < -0.3 is 10.4 Å². The summed E-state index contributed by atoms with van der Waals surface area (Å²) < 4.78 is 81.2. The van der Waals surface area contributed by atoms with Crippen LogP contribution in [0.25, 0.3) is 5.57 Å². The standard InChI is InChI=1S/C22H19ClF6N4O/c23-15-3-1-2-4-17(15)33-18(11-19(32-33)20(34,21(24,25)26)22(27,28)29)14-5-6-16(31-12-14)13-7-9-30-10-8-13/h1-7,12,18,30,34H,8-11H2. The number of hydrogen-bond acceptors (Lipinski definition) is 5. The number of alkyl halides is 6. The van der Waals surface area contributed by atoms with Gasteiger partial charge in [-0.3, -0.25) is 9.99 Å². The predicted molar refractivity (Wildman–Crippen MR) is 115 cm³/mol. The van der Waals surface area contributed by atoms with Crippen molar-refractivity contribution < 1.29 is 31.4 Å². The summed E-state index contributed by atoms with van der Waals surface area (Å²) >= 11 is 6.18. The Kier molecular flexibility index (Phi) is 6.38. The van der Waals surface area contributed by atoms with Crippen molar-refractivity contribution >= 4 is 28.6 Å². The van der Waals surface area contributed by atoms with Gasteiger partial charge in [0.25, 0.3) is 5.60 Å². The van der Waals surface area contributed by atoms with E-state index in [0.29, 0.717) is 17.8 Å². The normalized spacial score (nSPS) is 19.8. The van der Waals surface area contributed by atoms with Crippen molar-refractivity contribution in [3.05, 3.63) is 65.0 Å². The smallest absolute Gasteiger partial charge is 0.369 e. The number of nitrogens with one attached hydrogen (secondary N) is 1. The molecule has 1 atom stereocenters. The number of para-hydroxylation sites is 1. The zero-order chi connectivity index (χ0) is 24.7. The third-order valence-corrected chi connectivity index (χ3v) is 6.13. The summed E-state index contributed by atoms with van der Waals surface area (Å²) in [7, 11) is 0. The van der Waals surface area contributed by atoms with E-state index in [2.05, 4.69) is 15.4 Å². The summed E-state index contributed by atoms with van der Waals surface area (Å²) in [6.07, 6.45) is -8.81. The van der Waals surface area contributed by atoms with E-state index >= 15 is 0 Å². The first kappa shape index (κ1) is 24.5. The highest BCUT2D eigenvalue weighted by Gasteiger charge is 2.74. The van der Waals surface area contributed by atoms with E-state index in [-0.39, 0.29) is 10.7 Å². The molecule has 182 valence electrons. The number of benzene rings is 1. The van der Waals surface area contributed by atoms with Crippen LogP contribution in [-0.4, -0.2) is 46.8 Å². The quantitative estimate of drug-likeness (QED) is 0.557. The third-order valence-electron chi connectivity index (χ3n) is 5.81. The van der Waals surface area contributed by atoms with Gasteiger partial charge in [0.1, 0.15) is 0 Å². The zero-order valence-corrected chi connectivity index (χ0v) is 18.2. The molecule has 0 saturated heterocycles. The number of hydrogen-bond donors (Lipinski definition) is 2. The Hall–Kier alpha value is -2.63. The molecular weight excluding hydrogens is 486 g/mol. The van der Waals surface area contributed by atoms with Crippen LogP contribution in [0.2, 0.25) is 5.02 Å². The second kappa shape index (κ2) is 8.86. The topological polar surface area (TPSA) is 60.8 Å². The summed E-state index contributed by atoms with van der Waals surface area (Å²) in [5, 5.41) is 17.8. The molecule has 0 spiro atoms. The van der Waals surface area contributed by atoms with Crippen molar-refractivity contribution in [2.45, 2.75) is 36.8 Å². The number of aliphatic hydroxyl groups is 1. The van der Waals surface area contributed by atoms with Crippen molar-refractivity contribution in [3.8, 4) is 0 Å². The fourth-order valence-electron chi connectivity index (χ4n) is 3.98. The second-order valence-corrected chi connectivity index (χ2v) is 8.34. The molecule has 0 amide bonds. The molecule has 1 unspecified atom stereocenters. The van der Waals surface area contributed by atoms with Crippen molar-refractivity contribution in [2.75, 3.05) is 18.1 Å². The first-order valence-electron chi connectivity index (χ1n) is 10.3. The predicted octanol–water partition coefficient (Wildman–Crippen LogP) is 5.27. The van der Waals surface area contributed by atoms with E-state index in [0.717, 1.165) is 23.5 Å². The summed E-state index contributed by atoms with van der Waals surface area (Å²) in [6, 6.07) is 8.08. The molecule has 1 aromatic heterocycles. The van der Waals surface area contributed by atoms with Crippen LogP contribution in [0, 0.1) is 0 Å². The van der Waals surface area contributed by atoms with Gasteiger partial charge in [-0.05, 0) is 42.3 Å². The number of pyridine rings is 1. The van der Waals surface area contributed by atoms with E-state index in [4.69, 9.17) is 11.6 Å². The summed E-state index contributed by atoms with van der Waals surface area (Å²) in [5.41, 5.74) is -4.51. The van der Waals surface area contributed by atoms with Gasteiger partial charge in [-0.2, -0.15) is 31.4 Å². The summed E-state index contributed by atoms with van der Waals surface area (Å²) in [5.74, 6) is 0. The lowest BCUT2D eigenvalue weighted by molar-refractivity contribution is -0.338. The molecule has 1 aromatic carbocycles. The minimum absolute atomic E-state index is 0.0736. The molecule has 0 fully saturated rings. The first-order chi connectivity index (χ1) is 15.9. The van der Waals surface area contributed by atoms with Crippen LogP contribution < -0.4 is 10.3 Å². The Morgan fingerprint density at radius 1 is 1.03 bits per heavy atom. The molecule has 4 rings (SSSR count). The highest BCUT2D eigenvalue weighted by Crippen LogP contribution is 2.49. The first-order valence-corrected chi connectivity index (χ1v) is 10.6. The number of anilines is 1. The van der Waals surface area contributed by atoms with Crippen molar-refractivity contribution in [1.82, 2.24) is 10.3 Å². The Morgan fingerprint density at radius 3 is 2.29 bits per heavy atom. The average Bonchev–Trinajstić information content (AvgIpc) is 3.23. The molecule has 0 bridgehead atoms. The number of nitrogens with zero attached hydrogens (tertiary/aromatic N) is 3. The molecule has 2 aliphatic heterocycles. The molecule has 34 heavy (non-hydrogen) atoms. The van der Waals surface area contributed by atoms with Gasteiger partial charge in [0.2, 0.25) is 0 Å².